The molecule has 0 saturated heterocycles. The fourth-order valence-corrected chi connectivity index (χ4v) is 2.94. The van der Waals surface area contributed by atoms with Gasteiger partial charge in [0, 0.05) is 12.5 Å². The number of hydrogen-bond acceptors (Lipinski definition) is 2. The van der Waals surface area contributed by atoms with E-state index in [1.807, 2.05) is 66.7 Å². The molecule has 0 heterocycles. The Balaban J connectivity index is 1.67. The summed E-state index contributed by atoms with van der Waals surface area (Å²) in [4.78, 5) is 12.4. The number of carbonyl (C=O) groups is 1. The van der Waals surface area contributed by atoms with Crippen LogP contribution in [0, 0.1) is 0 Å². The van der Waals surface area contributed by atoms with E-state index < -0.39 is 0 Å². The van der Waals surface area contributed by atoms with Gasteiger partial charge in [-0.2, -0.15) is 0 Å². The predicted molar refractivity (Wildman–Crippen MR) is 104 cm³/mol. The van der Waals surface area contributed by atoms with Crippen LogP contribution >= 0.6 is 0 Å². The molecule has 0 aliphatic carbocycles. The van der Waals surface area contributed by atoms with E-state index >= 15 is 0 Å². The van der Waals surface area contributed by atoms with Gasteiger partial charge in [-0.1, -0.05) is 91.0 Å². The van der Waals surface area contributed by atoms with E-state index in [9.17, 15) is 4.79 Å². The Kier molecular flexibility index (Phi) is 6.01. The smallest absolute Gasteiger partial charge is 0.331 e. The third kappa shape index (κ3) is 4.71. The van der Waals surface area contributed by atoms with E-state index in [1.54, 1.807) is 0 Å². The minimum absolute atomic E-state index is 0.0754. The molecule has 0 aliphatic rings. The van der Waals surface area contributed by atoms with Crippen LogP contribution < -0.4 is 11.2 Å². The fourth-order valence-electron chi connectivity index (χ4n) is 2.94. The zero-order valence-electron chi connectivity index (χ0n) is 14.6. The Morgan fingerprint density at radius 3 is 1.77 bits per heavy atom. The summed E-state index contributed by atoms with van der Waals surface area (Å²) in [6, 6.07) is 29.8. The molecule has 3 N–H and O–H groups in total. The van der Waals surface area contributed by atoms with Crippen molar-refractivity contribution in [1.29, 1.82) is 0 Å². The predicted octanol–water partition coefficient (Wildman–Crippen LogP) is 3.90. The highest BCUT2D eigenvalue weighted by Gasteiger charge is 2.17. The molecule has 26 heavy (non-hydrogen) atoms. The highest BCUT2D eigenvalue weighted by Crippen LogP contribution is 2.23. The topological polar surface area (TPSA) is 58.4 Å². The Labute approximate surface area is 154 Å². The van der Waals surface area contributed by atoms with E-state index in [4.69, 9.17) is 5.84 Å². The summed E-state index contributed by atoms with van der Waals surface area (Å²) in [5.41, 5.74) is 3.31. The van der Waals surface area contributed by atoms with Crippen LogP contribution in [-0.2, 0) is 6.54 Å². The summed E-state index contributed by atoms with van der Waals surface area (Å²) in [6.45, 7) is 0.851. The quantitative estimate of drug-likeness (QED) is 0.404. The van der Waals surface area contributed by atoms with Gasteiger partial charge in [-0.15, -0.1) is 0 Å². The lowest BCUT2D eigenvalue weighted by atomic mass is 9.91. The summed E-state index contributed by atoms with van der Waals surface area (Å²) < 4.78 is 0. The number of nitrogens with two attached hydrogens (primary N) is 1. The molecule has 0 aromatic heterocycles. The second-order valence-electron chi connectivity index (χ2n) is 6.17. The van der Waals surface area contributed by atoms with Crippen LogP contribution in [0.5, 0.6) is 0 Å². The molecule has 0 radical (unpaired) electrons. The summed E-state index contributed by atoms with van der Waals surface area (Å²) in [5, 5.41) is 4.17. The zero-order chi connectivity index (χ0) is 18.2. The average Bonchev–Trinajstić information content (AvgIpc) is 2.70. The van der Waals surface area contributed by atoms with Crippen molar-refractivity contribution in [1.82, 2.24) is 10.3 Å². The van der Waals surface area contributed by atoms with Gasteiger partial charge in [0.1, 0.15) is 0 Å². The standard InChI is InChI=1S/C22H23N3O/c23-25(17-18-10-4-1-5-11-18)22(26)24-16-21(19-12-6-2-7-13-19)20-14-8-3-9-15-20/h1-15,21H,16-17,23H2,(H,24,26). The van der Waals surface area contributed by atoms with Gasteiger partial charge >= 0.3 is 6.03 Å². The third-order valence-electron chi connectivity index (χ3n) is 4.32. The first-order valence-corrected chi connectivity index (χ1v) is 8.68. The molecule has 0 unspecified atom stereocenters. The number of amides is 2. The van der Waals surface area contributed by atoms with Crippen LogP contribution in [-0.4, -0.2) is 17.6 Å². The zero-order valence-corrected chi connectivity index (χ0v) is 14.6. The number of nitrogens with one attached hydrogen (secondary N) is 1. The minimum Gasteiger partial charge on any atom is -0.336 e. The molecule has 3 aromatic carbocycles. The van der Waals surface area contributed by atoms with E-state index in [0.29, 0.717) is 13.1 Å². The van der Waals surface area contributed by atoms with E-state index in [1.165, 1.54) is 5.01 Å². The van der Waals surface area contributed by atoms with Gasteiger partial charge in [0.2, 0.25) is 0 Å². The van der Waals surface area contributed by atoms with Gasteiger partial charge in [0.05, 0.1) is 6.54 Å². The monoisotopic (exact) mass is 345 g/mol. The third-order valence-corrected chi connectivity index (χ3v) is 4.32. The van der Waals surface area contributed by atoms with Crippen molar-refractivity contribution < 1.29 is 4.79 Å². The largest absolute Gasteiger partial charge is 0.336 e. The molecular formula is C22H23N3O. The summed E-state index contributed by atoms with van der Waals surface area (Å²) >= 11 is 0. The highest BCUT2D eigenvalue weighted by molar-refractivity contribution is 5.73. The molecular weight excluding hydrogens is 322 g/mol. The van der Waals surface area contributed by atoms with Crippen LogP contribution in [0.3, 0.4) is 0 Å². The number of rotatable bonds is 6. The number of carbonyl (C=O) groups excluding carboxylic acids is 1. The molecule has 0 bridgehead atoms. The van der Waals surface area contributed by atoms with E-state index in [0.717, 1.165) is 16.7 Å². The van der Waals surface area contributed by atoms with E-state index in [2.05, 4.69) is 29.6 Å². The molecule has 0 aliphatic heterocycles. The molecule has 0 fully saturated rings. The molecule has 0 spiro atoms. The van der Waals surface area contributed by atoms with Crippen molar-refractivity contribution in [3.05, 3.63) is 108 Å². The van der Waals surface area contributed by atoms with Crippen LogP contribution in [0.1, 0.15) is 22.6 Å². The normalized spacial score (nSPS) is 10.5. The number of hydrazine groups is 1. The maximum atomic E-state index is 12.4. The Hall–Kier alpha value is -3.11. The molecule has 0 atom stereocenters. The van der Waals surface area contributed by atoms with Crippen LogP contribution in [0.4, 0.5) is 4.79 Å². The van der Waals surface area contributed by atoms with Gasteiger partial charge in [-0.25, -0.2) is 10.6 Å². The van der Waals surface area contributed by atoms with Crippen molar-refractivity contribution >= 4 is 6.03 Å². The molecule has 2 amide bonds. The molecule has 0 saturated carbocycles. The first kappa shape index (κ1) is 17.7. The van der Waals surface area contributed by atoms with Crippen LogP contribution in [0.2, 0.25) is 0 Å². The average molecular weight is 345 g/mol. The molecule has 3 aromatic rings. The molecule has 4 nitrogen and oxygen atoms in total. The molecule has 132 valence electrons. The van der Waals surface area contributed by atoms with Gasteiger partial charge in [-0.3, -0.25) is 5.01 Å². The molecule has 4 heteroatoms. The van der Waals surface area contributed by atoms with Crippen molar-refractivity contribution in [2.24, 2.45) is 5.84 Å². The van der Waals surface area contributed by atoms with Crippen LogP contribution in [0.25, 0.3) is 0 Å². The van der Waals surface area contributed by atoms with Gasteiger partial charge in [0.25, 0.3) is 0 Å². The summed E-state index contributed by atoms with van der Waals surface area (Å²) in [5.74, 6) is 6.01. The SMILES string of the molecule is NN(Cc1ccccc1)C(=O)NCC(c1ccccc1)c1ccccc1. The second-order valence-corrected chi connectivity index (χ2v) is 6.17. The number of benzene rings is 3. The first-order chi connectivity index (χ1) is 12.7. The minimum atomic E-state index is -0.286. The van der Waals surface area contributed by atoms with Crippen LogP contribution in [0.15, 0.2) is 91.0 Å². The highest BCUT2D eigenvalue weighted by atomic mass is 16.2. The first-order valence-electron chi connectivity index (χ1n) is 8.68. The fraction of sp³-hybridized carbons (Fsp3) is 0.136. The van der Waals surface area contributed by atoms with Gasteiger partial charge in [0.15, 0.2) is 0 Å². The van der Waals surface area contributed by atoms with Crippen molar-refractivity contribution in [2.45, 2.75) is 12.5 Å². The number of nitrogens with zero attached hydrogens (tertiary/aromatic N) is 1. The lowest BCUT2D eigenvalue weighted by Crippen LogP contribution is -2.45. The Morgan fingerprint density at radius 2 is 1.27 bits per heavy atom. The maximum Gasteiger partial charge on any atom is 0.331 e. The Morgan fingerprint density at radius 1 is 0.808 bits per heavy atom. The second kappa shape index (κ2) is 8.83. The van der Waals surface area contributed by atoms with Crippen molar-refractivity contribution in [3.63, 3.8) is 0 Å². The van der Waals surface area contributed by atoms with Gasteiger partial charge < -0.3 is 5.32 Å². The molecule has 3 rings (SSSR count). The van der Waals surface area contributed by atoms with E-state index in [-0.39, 0.29) is 11.9 Å². The Bertz CT molecular complexity index is 767. The number of hydrogen-bond donors (Lipinski definition) is 2. The maximum absolute atomic E-state index is 12.4. The van der Waals surface area contributed by atoms with Crippen molar-refractivity contribution in [3.8, 4) is 0 Å². The lowest BCUT2D eigenvalue weighted by molar-refractivity contribution is 0.196. The number of urea groups is 1. The summed E-state index contributed by atoms with van der Waals surface area (Å²) in [7, 11) is 0. The van der Waals surface area contributed by atoms with Gasteiger partial charge in [-0.05, 0) is 16.7 Å². The van der Waals surface area contributed by atoms with Crippen molar-refractivity contribution in [2.75, 3.05) is 6.54 Å². The summed E-state index contributed by atoms with van der Waals surface area (Å²) in [6.07, 6.45) is 0. The lowest BCUT2D eigenvalue weighted by Gasteiger charge is -2.22.